The minimum atomic E-state index is 0. The Balaban J connectivity index is 0.00000288. The Morgan fingerprint density at radius 3 is 2.62 bits per heavy atom. The third-order valence-electron chi connectivity index (χ3n) is 5.04. The fraction of sp³-hybridized carbons (Fsp3) is 0.889. The minimum Gasteiger partial charge on any atom is -0.357 e. The Morgan fingerprint density at radius 2 is 1.96 bits per heavy atom. The van der Waals surface area contributed by atoms with Crippen molar-refractivity contribution in [2.45, 2.75) is 71.3 Å². The second-order valence-corrected chi connectivity index (χ2v) is 6.88. The first-order valence-corrected chi connectivity index (χ1v) is 9.55. The number of amides is 1. The summed E-state index contributed by atoms with van der Waals surface area (Å²) in [7, 11) is 0. The number of guanidine groups is 1. The average molecular weight is 450 g/mol. The van der Waals surface area contributed by atoms with E-state index in [2.05, 4.69) is 17.6 Å². The zero-order valence-corrected chi connectivity index (χ0v) is 17.7. The van der Waals surface area contributed by atoms with Gasteiger partial charge in [0.2, 0.25) is 5.91 Å². The highest BCUT2D eigenvalue weighted by Crippen LogP contribution is 2.28. The molecule has 24 heavy (non-hydrogen) atoms. The summed E-state index contributed by atoms with van der Waals surface area (Å²) in [6, 6.07) is 0.332. The predicted octanol–water partition coefficient (Wildman–Crippen LogP) is 3.14. The number of nitrogens with one attached hydrogen (secondary N) is 2. The maximum Gasteiger partial charge on any atom is 0.222 e. The molecule has 2 rings (SSSR count). The van der Waals surface area contributed by atoms with E-state index in [1.54, 1.807) is 0 Å². The number of nitrogens with zero attached hydrogens (tertiary/aromatic N) is 2. The van der Waals surface area contributed by atoms with Crippen LogP contribution in [-0.4, -0.2) is 49.0 Å². The van der Waals surface area contributed by atoms with Crippen molar-refractivity contribution in [2.75, 3.05) is 26.2 Å². The predicted molar refractivity (Wildman–Crippen MR) is 111 cm³/mol. The molecule has 2 aliphatic rings. The molecule has 1 unspecified atom stereocenters. The highest BCUT2D eigenvalue weighted by Gasteiger charge is 2.25. The van der Waals surface area contributed by atoms with Gasteiger partial charge in [-0.3, -0.25) is 9.79 Å². The first-order valence-electron chi connectivity index (χ1n) is 9.55. The smallest absolute Gasteiger partial charge is 0.222 e. The van der Waals surface area contributed by atoms with Crippen LogP contribution in [0.15, 0.2) is 4.99 Å². The molecule has 0 aromatic heterocycles. The average Bonchev–Trinajstić information content (AvgIpc) is 3.22. The number of aliphatic imine (C=N–C) groups is 1. The van der Waals surface area contributed by atoms with Gasteiger partial charge in [0.1, 0.15) is 0 Å². The van der Waals surface area contributed by atoms with E-state index in [4.69, 9.17) is 4.99 Å². The number of likely N-dealkylation sites (tertiary alicyclic amines) is 1. The van der Waals surface area contributed by atoms with E-state index in [0.29, 0.717) is 12.5 Å². The van der Waals surface area contributed by atoms with Crippen molar-refractivity contribution in [3.8, 4) is 0 Å². The van der Waals surface area contributed by atoms with Crippen molar-refractivity contribution in [2.24, 2.45) is 10.9 Å². The molecule has 1 saturated carbocycles. The summed E-state index contributed by atoms with van der Waals surface area (Å²) in [5.74, 6) is 2.12. The lowest BCUT2D eigenvalue weighted by molar-refractivity contribution is -0.129. The van der Waals surface area contributed by atoms with Gasteiger partial charge in [-0.25, -0.2) is 0 Å². The lowest BCUT2D eigenvalue weighted by Gasteiger charge is -2.18. The number of rotatable bonds is 7. The lowest BCUT2D eigenvalue weighted by Crippen LogP contribution is -2.45. The van der Waals surface area contributed by atoms with Crippen molar-refractivity contribution in [1.29, 1.82) is 0 Å². The molecule has 1 amide bonds. The largest absolute Gasteiger partial charge is 0.357 e. The summed E-state index contributed by atoms with van der Waals surface area (Å²) >= 11 is 0. The number of carbonyl (C=O) groups is 1. The van der Waals surface area contributed by atoms with Gasteiger partial charge in [-0.1, -0.05) is 32.6 Å². The van der Waals surface area contributed by atoms with Gasteiger partial charge >= 0.3 is 0 Å². The van der Waals surface area contributed by atoms with Gasteiger partial charge in [-0.2, -0.15) is 0 Å². The van der Waals surface area contributed by atoms with Gasteiger partial charge in [-0.05, 0) is 32.1 Å². The molecule has 0 bridgehead atoms. The Hall–Kier alpha value is -0.530. The van der Waals surface area contributed by atoms with E-state index in [-0.39, 0.29) is 29.9 Å². The Bertz CT molecular complexity index is 396. The molecule has 1 heterocycles. The van der Waals surface area contributed by atoms with Crippen LogP contribution in [0.5, 0.6) is 0 Å². The molecular formula is C18H35IN4O. The third-order valence-corrected chi connectivity index (χ3v) is 5.04. The topological polar surface area (TPSA) is 56.7 Å². The fourth-order valence-corrected chi connectivity index (χ4v) is 3.71. The zero-order chi connectivity index (χ0) is 16.5. The molecule has 0 aromatic carbocycles. The molecule has 1 saturated heterocycles. The number of hydrogen-bond donors (Lipinski definition) is 2. The van der Waals surface area contributed by atoms with Crippen LogP contribution >= 0.6 is 24.0 Å². The maximum atomic E-state index is 11.8. The SMILES string of the molecule is CCNC(=NCCCC1CCCC1)NC1CCN(C(=O)CC)C1.I. The monoisotopic (exact) mass is 450 g/mol. The van der Waals surface area contributed by atoms with E-state index in [9.17, 15) is 4.79 Å². The quantitative estimate of drug-likeness (QED) is 0.271. The van der Waals surface area contributed by atoms with Crippen LogP contribution in [0.1, 0.15) is 65.2 Å². The van der Waals surface area contributed by atoms with E-state index in [1.807, 2.05) is 11.8 Å². The second-order valence-electron chi connectivity index (χ2n) is 6.88. The van der Waals surface area contributed by atoms with E-state index in [1.165, 1.54) is 38.5 Å². The normalized spacial score (nSPS) is 21.7. The first-order chi connectivity index (χ1) is 11.2. The zero-order valence-electron chi connectivity index (χ0n) is 15.4. The van der Waals surface area contributed by atoms with Crippen molar-refractivity contribution >= 4 is 35.8 Å². The second kappa shape index (κ2) is 11.9. The molecule has 2 N–H and O–H groups in total. The van der Waals surface area contributed by atoms with Crippen LogP contribution < -0.4 is 10.6 Å². The number of hydrogen-bond acceptors (Lipinski definition) is 2. The van der Waals surface area contributed by atoms with Crippen molar-refractivity contribution in [3.63, 3.8) is 0 Å². The summed E-state index contributed by atoms with van der Waals surface area (Å²) in [6.07, 6.45) is 9.81. The highest BCUT2D eigenvalue weighted by molar-refractivity contribution is 14.0. The van der Waals surface area contributed by atoms with Crippen molar-refractivity contribution in [1.82, 2.24) is 15.5 Å². The standard InChI is InChI=1S/C18H34N4O.HI/c1-3-17(23)22-13-11-16(14-22)21-18(19-4-2)20-12-7-10-15-8-5-6-9-15;/h15-16H,3-14H2,1-2H3,(H2,19,20,21);1H. The van der Waals surface area contributed by atoms with Crippen molar-refractivity contribution in [3.05, 3.63) is 0 Å². The molecule has 5 nitrogen and oxygen atoms in total. The maximum absolute atomic E-state index is 11.8. The van der Waals surface area contributed by atoms with Crippen LogP contribution in [0.4, 0.5) is 0 Å². The van der Waals surface area contributed by atoms with Gasteiger partial charge in [0.25, 0.3) is 0 Å². The van der Waals surface area contributed by atoms with Crippen LogP contribution in [0.2, 0.25) is 0 Å². The van der Waals surface area contributed by atoms with Gasteiger partial charge < -0.3 is 15.5 Å². The molecule has 0 spiro atoms. The summed E-state index contributed by atoms with van der Waals surface area (Å²) in [4.78, 5) is 18.4. The lowest BCUT2D eigenvalue weighted by atomic mass is 10.0. The number of carbonyl (C=O) groups excluding carboxylic acids is 1. The van der Waals surface area contributed by atoms with Crippen LogP contribution in [-0.2, 0) is 4.79 Å². The number of halogens is 1. The Kier molecular flexibility index (Phi) is 10.7. The van der Waals surface area contributed by atoms with E-state index >= 15 is 0 Å². The highest BCUT2D eigenvalue weighted by atomic mass is 127. The molecule has 0 aromatic rings. The van der Waals surface area contributed by atoms with Crippen LogP contribution in [0, 0.1) is 5.92 Å². The van der Waals surface area contributed by atoms with Crippen LogP contribution in [0.25, 0.3) is 0 Å². The van der Waals surface area contributed by atoms with E-state index < -0.39 is 0 Å². The summed E-state index contributed by atoms with van der Waals surface area (Å²) in [5, 5.41) is 6.83. The molecule has 1 aliphatic carbocycles. The van der Waals surface area contributed by atoms with E-state index in [0.717, 1.165) is 44.5 Å². The molecule has 0 radical (unpaired) electrons. The third kappa shape index (κ3) is 7.15. The molecule has 1 aliphatic heterocycles. The van der Waals surface area contributed by atoms with Gasteiger partial charge in [0.05, 0.1) is 0 Å². The van der Waals surface area contributed by atoms with Crippen molar-refractivity contribution < 1.29 is 4.79 Å². The summed E-state index contributed by atoms with van der Waals surface area (Å²) in [6.45, 7) is 7.47. The van der Waals surface area contributed by atoms with Gasteiger partial charge in [-0.15, -0.1) is 24.0 Å². The first kappa shape index (κ1) is 21.5. The Labute approximate surface area is 164 Å². The van der Waals surface area contributed by atoms with Gasteiger partial charge in [0.15, 0.2) is 5.96 Å². The molecule has 2 fully saturated rings. The minimum absolute atomic E-state index is 0. The molecule has 140 valence electrons. The molecule has 6 heteroatoms. The summed E-state index contributed by atoms with van der Waals surface area (Å²) < 4.78 is 0. The summed E-state index contributed by atoms with van der Waals surface area (Å²) in [5.41, 5.74) is 0. The molecule has 1 atom stereocenters. The Morgan fingerprint density at radius 1 is 1.21 bits per heavy atom. The molecular weight excluding hydrogens is 415 g/mol. The fourth-order valence-electron chi connectivity index (χ4n) is 3.71. The van der Waals surface area contributed by atoms with Gasteiger partial charge in [0, 0.05) is 38.6 Å². The van der Waals surface area contributed by atoms with Crippen LogP contribution in [0.3, 0.4) is 0 Å².